The molecule has 6 rings (SSSR count). The number of likely N-dealkylation sites (tertiary alicyclic amines) is 1. The molecule has 0 bridgehead atoms. The number of hydrogen-bond acceptors (Lipinski definition) is 6. The maximum atomic E-state index is 14.9. The number of para-hydroxylation sites is 1. The number of fused-ring (bicyclic) bond motifs is 1. The van der Waals surface area contributed by atoms with E-state index in [0.29, 0.717) is 29.8 Å². The molecule has 3 heterocycles. The maximum absolute atomic E-state index is 14.9. The van der Waals surface area contributed by atoms with Crippen LogP contribution in [0.15, 0.2) is 84.9 Å². The Morgan fingerprint density at radius 2 is 1.30 bits per heavy atom. The summed E-state index contributed by atoms with van der Waals surface area (Å²) in [5.41, 5.74) is -2.89. The van der Waals surface area contributed by atoms with Gasteiger partial charge in [0, 0.05) is 12.1 Å². The minimum absolute atomic E-state index is 0.00745. The monoisotopic (exact) mass is 582 g/mol. The number of Topliss-reactive ketones (excluding diaryl/α,β-unsaturated/α-hetero) is 1. The Bertz CT molecular complexity index is 1580. The summed E-state index contributed by atoms with van der Waals surface area (Å²) in [6.45, 7) is 11.2. The van der Waals surface area contributed by atoms with Crippen LogP contribution in [-0.2, 0) is 25.2 Å². The molecular formula is C35H38N2O6. The van der Waals surface area contributed by atoms with Gasteiger partial charge in [-0.15, -0.1) is 0 Å². The fourth-order valence-corrected chi connectivity index (χ4v) is 7.08. The van der Waals surface area contributed by atoms with Crippen molar-refractivity contribution < 1.29 is 28.6 Å². The highest BCUT2D eigenvalue weighted by Gasteiger charge is 2.87. The van der Waals surface area contributed by atoms with Crippen molar-refractivity contribution in [1.82, 2.24) is 4.90 Å². The molecular weight excluding hydrogens is 544 g/mol. The second kappa shape index (κ2) is 9.67. The number of amides is 2. The van der Waals surface area contributed by atoms with E-state index in [1.165, 1.54) is 4.90 Å². The normalized spacial score (nSPS) is 26.0. The van der Waals surface area contributed by atoms with Crippen LogP contribution in [0.4, 0.5) is 15.3 Å². The molecule has 3 unspecified atom stereocenters. The number of anilines is 1. The SMILES string of the molecule is CC(C)(C)OC(=O)N1CCC23c4ccccc4N(C(=O)OC(C)(C)C)C2(C1)OC3(C(=O)c1ccccc1)c1ccccc1. The van der Waals surface area contributed by atoms with E-state index in [1.807, 2.05) is 93.6 Å². The molecule has 0 radical (unpaired) electrons. The summed E-state index contributed by atoms with van der Waals surface area (Å²) in [6.07, 6.45) is -0.775. The second-order valence-corrected chi connectivity index (χ2v) is 13.5. The lowest BCUT2D eigenvalue weighted by Gasteiger charge is -2.70. The minimum atomic E-state index is -1.48. The molecule has 8 heteroatoms. The Kier molecular flexibility index (Phi) is 6.51. The average Bonchev–Trinajstić information content (AvgIpc) is 3.16. The Morgan fingerprint density at radius 1 is 0.744 bits per heavy atom. The zero-order valence-electron chi connectivity index (χ0n) is 25.5. The lowest BCUT2D eigenvalue weighted by atomic mass is 9.50. The third-order valence-corrected chi connectivity index (χ3v) is 8.48. The molecule has 0 aliphatic carbocycles. The Labute approximate surface area is 252 Å². The lowest BCUT2D eigenvalue weighted by molar-refractivity contribution is -0.333. The van der Waals surface area contributed by atoms with Crippen molar-refractivity contribution in [2.45, 2.75) is 75.9 Å². The molecule has 43 heavy (non-hydrogen) atoms. The van der Waals surface area contributed by atoms with E-state index < -0.39 is 40.1 Å². The summed E-state index contributed by atoms with van der Waals surface area (Å²) in [4.78, 5) is 45.6. The molecule has 0 saturated carbocycles. The van der Waals surface area contributed by atoms with Gasteiger partial charge in [-0.2, -0.15) is 0 Å². The smallest absolute Gasteiger partial charge is 0.417 e. The number of benzene rings is 3. The van der Waals surface area contributed by atoms with Gasteiger partial charge < -0.3 is 19.1 Å². The molecule has 2 fully saturated rings. The third-order valence-electron chi connectivity index (χ3n) is 8.48. The van der Waals surface area contributed by atoms with Crippen molar-refractivity contribution in [2.75, 3.05) is 18.0 Å². The topological polar surface area (TPSA) is 85.4 Å². The van der Waals surface area contributed by atoms with E-state index in [4.69, 9.17) is 14.2 Å². The predicted molar refractivity (Wildman–Crippen MR) is 162 cm³/mol. The van der Waals surface area contributed by atoms with Crippen molar-refractivity contribution in [2.24, 2.45) is 0 Å². The first kappa shape index (κ1) is 28.9. The van der Waals surface area contributed by atoms with Crippen LogP contribution in [0.25, 0.3) is 0 Å². The van der Waals surface area contributed by atoms with Gasteiger partial charge >= 0.3 is 12.2 Å². The summed E-state index contributed by atoms with van der Waals surface area (Å²) >= 11 is 0. The van der Waals surface area contributed by atoms with Crippen LogP contribution in [0, 0.1) is 0 Å². The van der Waals surface area contributed by atoms with Crippen molar-refractivity contribution in [3.8, 4) is 0 Å². The fourth-order valence-electron chi connectivity index (χ4n) is 7.08. The molecule has 2 saturated heterocycles. The van der Waals surface area contributed by atoms with E-state index in [1.54, 1.807) is 37.8 Å². The summed E-state index contributed by atoms with van der Waals surface area (Å²) < 4.78 is 18.8. The van der Waals surface area contributed by atoms with Gasteiger partial charge in [0.05, 0.1) is 17.6 Å². The van der Waals surface area contributed by atoms with Crippen molar-refractivity contribution in [3.63, 3.8) is 0 Å². The Morgan fingerprint density at radius 3 is 1.93 bits per heavy atom. The number of rotatable bonds is 3. The van der Waals surface area contributed by atoms with Crippen molar-refractivity contribution >= 4 is 23.7 Å². The Balaban J connectivity index is 1.60. The standard InChI is InChI=1S/C35H38N2O6/c1-31(2,3)41-29(39)36-22-21-33-26-19-13-14-20-27(26)37(30(40)42-32(4,5)6)34(33,23-36)43-35(33,25-17-11-8-12-18-25)28(38)24-15-9-7-10-16-24/h7-20H,21-23H2,1-6H3. The van der Waals surface area contributed by atoms with Gasteiger partial charge in [-0.3, -0.25) is 4.79 Å². The molecule has 8 nitrogen and oxygen atoms in total. The van der Waals surface area contributed by atoms with Gasteiger partial charge in [-0.1, -0.05) is 78.9 Å². The van der Waals surface area contributed by atoms with Gasteiger partial charge in [-0.05, 0) is 65.2 Å². The number of carbonyl (C=O) groups excluding carboxylic acids is 3. The molecule has 3 aliphatic heterocycles. The quantitative estimate of drug-likeness (QED) is 0.315. The first-order chi connectivity index (χ1) is 20.3. The number of ketones is 1. The highest BCUT2D eigenvalue weighted by molar-refractivity contribution is 6.08. The maximum Gasteiger partial charge on any atom is 0.417 e. The van der Waals surface area contributed by atoms with Gasteiger partial charge in [0.2, 0.25) is 0 Å². The predicted octanol–water partition coefficient (Wildman–Crippen LogP) is 6.83. The zero-order chi connectivity index (χ0) is 30.8. The number of hydrogen-bond donors (Lipinski definition) is 0. The van der Waals surface area contributed by atoms with Crippen LogP contribution in [0.1, 0.15) is 69.4 Å². The van der Waals surface area contributed by atoms with E-state index in [2.05, 4.69) is 0 Å². The highest BCUT2D eigenvalue weighted by Crippen LogP contribution is 2.73. The first-order valence-corrected chi connectivity index (χ1v) is 14.7. The third kappa shape index (κ3) is 4.18. The van der Waals surface area contributed by atoms with E-state index in [9.17, 15) is 14.4 Å². The lowest BCUT2D eigenvalue weighted by Crippen LogP contribution is -2.87. The summed E-state index contributed by atoms with van der Waals surface area (Å²) in [6, 6.07) is 26.2. The van der Waals surface area contributed by atoms with Crippen LogP contribution in [-0.4, -0.2) is 52.9 Å². The van der Waals surface area contributed by atoms with Crippen LogP contribution >= 0.6 is 0 Å². The molecule has 3 aromatic rings. The molecule has 2 amide bonds. The molecule has 0 aromatic heterocycles. The Hall–Kier alpha value is -4.17. The minimum Gasteiger partial charge on any atom is -0.444 e. The number of piperidine rings is 1. The number of carbonyl (C=O) groups is 3. The molecule has 0 spiro atoms. The summed E-state index contributed by atoms with van der Waals surface area (Å²) in [5, 5.41) is 0. The van der Waals surface area contributed by atoms with Gasteiger partial charge in [0.25, 0.3) is 0 Å². The van der Waals surface area contributed by atoms with Crippen LogP contribution in [0.5, 0.6) is 0 Å². The van der Waals surface area contributed by atoms with Crippen LogP contribution in [0.3, 0.4) is 0 Å². The largest absolute Gasteiger partial charge is 0.444 e. The zero-order valence-corrected chi connectivity index (χ0v) is 25.5. The summed E-state index contributed by atoms with van der Waals surface area (Å²) in [5.74, 6) is -0.207. The molecule has 224 valence electrons. The average molecular weight is 583 g/mol. The first-order valence-electron chi connectivity index (χ1n) is 14.7. The van der Waals surface area contributed by atoms with Crippen LogP contribution < -0.4 is 4.90 Å². The second-order valence-electron chi connectivity index (χ2n) is 13.5. The molecule has 0 N–H and O–H groups in total. The molecule has 3 aliphatic rings. The number of nitrogens with zero attached hydrogens (tertiary/aromatic N) is 2. The fraction of sp³-hybridized carbons (Fsp3) is 0.400. The van der Waals surface area contributed by atoms with E-state index in [0.717, 1.165) is 5.56 Å². The summed E-state index contributed by atoms with van der Waals surface area (Å²) in [7, 11) is 0. The van der Waals surface area contributed by atoms with Crippen LogP contribution in [0.2, 0.25) is 0 Å². The highest BCUT2D eigenvalue weighted by atomic mass is 16.6. The van der Waals surface area contributed by atoms with Crippen molar-refractivity contribution in [3.05, 3.63) is 102 Å². The van der Waals surface area contributed by atoms with Gasteiger partial charge in [0.1, 0.15) is 11.2 Å². The molecule has 3 atom stereocenters. The van der Waals surface area contributed by atoms with Gasteiger partial charge in [0.15, 0.2) is 17.1 Å². The van der Waals surface area contributed by atoms with E-state index >= 15 is 0 Å². The van der Waals surface area contributed by atoms with Crippen molar-refractivity contribution in [1.29, 1.82) is 0 Å². The van der Waals surface area contributed by atoms with Gasteiger partial charge in [-0.25, -0.2) is 14.5 Å². The van der Waals surface area contributed by atoms with E-state index in [-0.39, 0.29) is 12.3 Å². The molecule has 3 aromatic carbocycles. The number of ether oxygens (including phenoxy) is 3.